The number of pyridine rings is 1. The van der Waals surface area contributed by atoms with E-state index in [2.05, 4.69) is 26.2 Å². The molecule has 1 aromatic carbocycles. The molecule has 1 aromatic heterocycles. The van der Waals surface area contributed by atoms with E-state index >= 15 is 0 Å². The lowest BCUT2D eigenvalue weighted by atomic mass is 10.2. The molecule has 0 fully saturated rings. The van der Waals surface area contributed by atoms with Crippen LogP contribution in [-0.2, 0) is 0 Å². The Morgan fingerprint density at radius 2 is 2.10 bits per heavy atom. The van der Waals surface area contributed by atoms with Crippen LogP contribution in [0.3, 0.4) is 0 Å². The zero-order valence-corrected chi connectivity index (χ0v) is 13.4. The maximum absolute atomic E-state index is 13.2. The van der Waals surface area contributed by atoms with Crippen LogP contribution in [0.4, 0.5) is 21.6 Å². The number of ether oxygens (including phenoxy) is 1. The highest BCUT2D eigenvalue weighted by atomic mass is 79.9. The average molecular weight is 354 g/mol. The quantitative estimate of drug-likeness (QED) is 0.838. The van der Waals surface area contributed by atoms with Crippen LogP contribution in [0.2, 0.25) is 0 Å². The van der Waals surface area contributed by atoms with Crippen LogP contribution in [0, 0.1) is 11.7 Å². The van der Waals surface area contributed by atoms with Crippen LogP contribution >= 0.6 is 15.9 Å². The van der Waals surface area contributed by atoms with Gasteiger partial charge in [-0.1, -0.05) is 13.8 Å². The summed E-state index contributed by atoms with van der Waals surface area (Å²) in [4.78, 5) is 4.32. The molecule has 0 saturated carbocycles. The lowest BCUT2D eigenvalue weighted by Crippen LogP contribution is -2.08. The normalized spacial score (nSPS) is 10.7. The molecule has 6 heteroatoms. The maximum Gasteiger partial charge on any atom is 0.239 e. The number of hydrogen-bond donors (Lipinski definition) is 2. The van der Waals surface area contributed by atoms with E-state index in [-0.39, 0.29) is 5.82 Å². The molecular formula is C15H17BrFN3O. The minimum absolute atomic E-state index is 0.313. The zero-order chi connectivity index (χ0) is 15.4. The van der Waals surface area contributed by atoms with Crippen molar-refractivity contribution < 1.29 is 9.13 Å². The van der Waals surface area contributed by atoms with Crippen LogP contribution < -0.4 is 15.8 Å². The molecule has 0 saturated heterocycles. The van der Waals surface area contributed by atoms with Gasteiger partial charge < -0.3 is 15.8 Å². The first-order valence-electron chi connectivity index (χ1n) is 6.57. The number of nitrogens with zero attached hydrogens (tertiary/aromatic N) is 1. The minimum atomic E-state index is -0.313. The van der Waals surface area contributed by atoms with Crippen LogP contribution in [0.25, 0.3) is 0 Å². The van der Waals surface area contributed by atoms with E-state index in [1.165, 1.54) is 6.07 Å². The summed E-state index contributed by atoms with van der Waals surface area (Å²) in [5.41, 5.74) is 7.05. The summed E-state index contributed by atoms with van der Waals surface area (Å²) in [6, 6.07) is 8.12. The lowest BCUT2D eigenvalue weighted by molar-refractivity contribution is 0.263. The fraction of sp³-hybridized carbons (Fsp3) is 0.267. The molecule has 4 nitrogen and oxygen atoms in total. The Balaban J connectivity index is 2.16. The summed E-state index contributed by atoms with van der Waals surface area (Å²) in [6.45, 7) is 4.64. The van der Waals surface area contributed by atoms with Crippen molar-refractivity contribution in [2.24, 2.45) is 5.92 Å². The van der Waals surface area contributed by atoms with E-state index in [4.69, 9.17) is 10.5 Å². The lowest BCUT2D eigenvalue weighted by Gasteiger charge is -2.12. The van der Waals surface area contributed by atoms with Crippen molar-refractivity contribution >= 4 is 33.1 Å². The highest BCUT2D eigenvalue weighted by Crippen LogP contribution is 2.26. The van der Waals surface area contributed by atoms with Crippen molar-refractivity contribution in [1.29, 1.82) is 0 Å². The molecule has 2 aromatic rings. The van der Waals surface area contributed by atoms with Gasteiger partial charge in [0.1, 0.15) is 11.6 Å². The third-order valence-electron chi connectivity index (χ3n) is 2.64. The minimum Gasteiger partial charge on any atom is -0.476 e. The number of nitrogens with one attached hydrogen (secondary N) is 1. The Morgan fingerprint density at radius 3 is 2.76 bits per heavy atom. The number of anilines is 3. The van der Waals surface area contributed by atoms with Gasteiger partial charge in [-0.2, -0.15) is 4.98 Å². The third kappa shape index (κ3) is 4.32. The van der Waals surface area contributed by atoms with Crippen molar-refractivity contribution in [2.75, 3.05) is 17.7 Å². The third-order valence-corrected chi connectivity index (χ3v) is 3.24. The summed E-state index contributed by atoms with van der Waals surface area (Å²) in [6.07, 6.45) is 0. The average Bonchev–Trinajstić information content (AvgIpc) is 2.43. The summed E-state index contributed by atoms with van der Waals surface area (Å²) in [7, 11) is 0. The van der Waals surface area contributed by atoms with Crippen molar-refractivity contribution in [3.05, 3.63) is 40.6 Å². The van der Waals surface area contributed by atoms with Crippen molar-refractivity contribution in [3.63, 3.8) is 0 Å². The van der Waals surface area contributed by atoms with Crippen LogP contribution in [0.5, 0.6) is 5.88 Å². The number of rotatable bonds is 5. The van der Waals surface area contributed by atoms with E-state index in [1.54, 1.807) is 24.3 Å². The Morgan fingerprint density at radius 1 is 1.33 bits per heavy atom. The second-order valence-electron chi connectivity index (χ2n) is 5.05. The van der Waals surface area contributed by atoms with Crippen LogP contribution in [0.1, 0.15) is 13.8 Å². The number of benzene rings is 1. The Labute approximate surface area is 131 Å². The SMILES string of the molecule is CC(C)COc1nc(Nc2ccc(F)c(Br)c2)ccc1N. The van der Waals surface area contributed by atoms with Crippen molar-refractivity contribution in [2.45, 2.75) is 13.8 Å². The van der Waals surface area contributed by atoms with Gasteiger partial charge >= 0.3 is 0 Å². The van der Waals surface area contributed by atoms with E-state index in [0.29, 0.717) is 34.4 Å². The molecule has 0 aliphatic carbocycles. The molecule has 0 atom stereocenters. The Bertz CT molecular complexity index is 634. The predicted molar refractivity (Wildman–Crippen MR) is 86.4 cm³/mol. The van der Waals surface area contributed by atoms with Gasteiger partial charge in [-0.05, 0) is 52.2 Å². The molecule has 0 radical (unpaired) electrons. The monoisotopic (exact) mass is 353 g/mol. The van der Waals surface area contributed by atoms with E-state index in [9.17, 15) is 4.39 Å². The zero-order valence-electron chi connectivity index (χ0n) is 11.9. The molecular weight excluding hydrogens is 337 g/mol. The molecule has 21 heavy (non-hydrogen) atoms. The molecule has 2 rings (SSSR count). The van der Waals surface area contributed by atoms with Gasteiger partial charge in [-0.3, -0.25) is 0 Å². The highest BCUT2D eigenvalue weighted by molar-refractivity contribution is 9.10. The van der Waals surface area contributed by atoms with Gasteiger partial charge in [0.05, 0.1) is 16.8 Å². The topological polar surface area (TPSA) is 60.2 Å². The summed E-state index contributed by atoms with van der Waals surface area (Å²) < 4.78 is 19.2. The first kappa shape index (κ1) is 15.6. The summed E-state index contributed by atoms with van der Waals surface area (Å²) >= 11 is 3.15. The Hall–Kier alpha value is -1.82. The van der Waals surface area contributed by atoms with Gasteiger partial charge in [0.25, 0.3) is 0 Å². The second-order valence-corrected chi connectivity index (χ2v) is 5.90. The van der Waals surface area contributed by atoms with E-state index < -0.39 is 0 Å². The van der Waals surface area contributed by atoms with Crippen molar-refractivity contribution in [3.8, 4) is 5.88 Å². The molecule has 1 heterocycles. The number of hydrogen-bond acceptors (Lipinski definition) is 4. The number of nitrogens with two attached hydrogens (primary N) is 1. The second kappa shape index (κ2) is 6.76. The van der Waals surface area contributed by atoms with Gasteiger partial charge in [0.15, 0.2) is 0 Å². The Kier molecular flexibility index (Phi) is 5.01. The standard InChI is InChI=1S/C15H17BrFN3O/c1-9(2)8-21-15-13(18)5-6-14(20-15)19-10-3-4-12(17)11(16)7-10/h3-7,9H,8,18H2,1-2H3,(H,19,20). The fourth-order valence-corrected chi connectivity index (χ4v) is 1.98. The number of aromatic nitrogens is 1. The van der Waals surface area contributed by atoms with Crippen LogP contribution in [0.15, 0.2) is 34.8 Å². The van der Waals surface area contributed by atoms with Crippen molar-refractivity contribution in [1.82, 2.24) is 4.98 Å². The molecule has 0 aliphatic rings. The fourth-order valence-electron chi connectivity index (χ4n) is 1.60. The van der Waals surface area contributed by atoms with E-state index in [0.717, 1.165) is 5.69 Å². The first-order chi connectivity index (χ1) is 9.95. The molecule has 0 unspecified atom stereocenters. The molecule has 3 N–H and O–H groups in total. The van der Waals surface area contributed by atoms with E-state index in [1.807, 2.05) is 13.8 Å². The summed E-state index contributed by atoms with van der Waals surface area (Å²) in [5, 5.41) is 3.08. The summed E-state index contributed by atoms with van der Waals surface area (Å²) in [5.74, 6) is 1.05. The molecule has 0 amide bonds. The van der Waals surface area contributed by atoms with Gasteiger partial charge in [-0.25, -0.2) is 4.39 Å². The van der Waals surface area contributed by atoms with Gasteiger partial charge in [0.2, 0.25) is 5.88 Å². The van der Waals surface area contributed by atoms with Gasteiger partial charge in [0, 0.05) is 5.69 Å². The number of nitrogen functional groups attached to an aromatic ring is 1. The number of halogens is 2. The molecule has 112 valence electrons. The highest BCUT2D eigenvalue weighted by Gasteiger charge is 2.07. The molecule has 0 bridgehead atoms. The molecule has 0 aliphatic heterocycles. The largest absolute Gasteiger partial charge is 0.476 e. The predicted octanol–water partition coefficient (Wildman–Crippen LogP) is 4.34. The maximum atomic E-state index is 13.2. The first-order valence-corrected chi connectivity index (χ1v) is 7.36. The van der Waals surface area contributed by atoms with Crippen LogP contribution in [-0.4, -0.2) is 11.6 Å². The smallest absolute Gasteiger partial charge is 0.239 e. The van der Waals surface area contributed by atoms with Gasteiger partial charge in [-0.15, -0.1) is 0 Å². The molecule has 0 spiro atoms.